The highest BCUT2D eigenvalue weighted by Crippen LogP contribution is 2.23. The largest absolute Gasteiger partial charge is 0.496 e. The monoisotopic (exact) mass is 376 g/mol. The molecule has 0 unspecified atom stereocenters. The molecule has 0 aliphatic rings. The third-order valence-corrected chi connectivity index (χ3v) is 4.13. The Morgan fingerprint density at radius 3 is 2.74 bits per heavy atom. The molecule has 4 nitrogen and oxygen atoms in total. The Morgan fingerprint density at radius 1 is 1.22 bits per heavy atom. The van der Waals surface area contributed by atoms with Gasteiger partial charge >= 0.3 is 0 Å². The maximum atomic E-state index is 11.9. The fraction of sp³-hybridized carbons (Fsp3) is 0.278. The predicted octanol–water partition coefficient (Wildman–Crippen LogP) is 3.54. The Balaban J connectivity index is 1.77. The van der Waals surface area contributed by atoms with Gasteiger partial charge in [-0.15, -0.1) is 0 Å². The van der Waals surface area contributed by atoms with Gasteiger partial charge in [-0.25, -0.2) is 0 Å². The first-order valence-electron chi connectivity index (χ1n) is 7.49. The SMILES string of the molecule is COc1ccccc1CCNC(=O)CNc1ccc(C)cc1Br. The minimum Gasteiger partial charge on any atom is -0.496 e. The smallest absolute Gasteiger partial charge is 0.239 e. The lowest BCUT2D eigenvalue weighted by molar-refractivity contribution is -0.119. The van der Waals surface area contributed by atoms with E-state index in [1.54, 1.807) is 7.11 Å². The molecule has 122 valence electrons. The molecule has 0 spiro atoms. The Labute approximate surface area is 145 Å². The molecule has 5 heteroatoms. The fourth-order valence-corrected chi connectivity index (χ4v) is 2.88. The third-order valence-electron chi connectivity index (χ3n) is 3.47. The molecule has 0 fully saturated rings. The number of methoxy groups -OCH3 is 1. The molecule has 0 saturated carbocycles. The highest BCUT2D eigenvalue weighted by molar-refractivity contribution is 9.10. The lowest BCUT2D eigenvalue weighted by Gasteiger charge is -2.11. The van der Waals surface area contributed by atoms with Crippen molar-refractivity contribution in [1.29, 1.82) is 0 Å². The van der Waals surface area contributed by atoms with Crippen molar-refractivity contribution in [2.75, 3.05) is 25.5 Å². The highest BCUT2D eigenvalue weighted by atomic mass is 79.9. The molecule has 1 amide bonds. The van der Waals surface area contributed by atoms with Crippen molar-refractivity contribution in [3.8, 4) is 5.75 Å². The van der Waals surface area contributed by atoms with E-state index in [0.717, 1.165) is 27.9 Å². The molecule has 0 saturated heterocycles. The summed E-state index contributed by atoms with van der Waals surface area (Å²) in [4.78, 5) is 11.9. The highest BCUT2D eigenvalue weighted by Gasteiger charge is 2.05. The van der Waals surface area contributed by atoms with Crippen LogP contribution in [0.15, 0.2) is 46.9 Å². The number of nitrogens with one attached hydrogen (secondary N) is 2. The lowest BCUT2D eigenvalue weighted by atomic mass is 10.1. The number of anilines is 1. The Kier molecular flexibility index (Phi) is 6.47. The fourth-order valence-electron chi connectivity index (χ4n) is 2.25. The number of carbonyl (C=O) groups excluding carboxylic acids is 1. The first-order valence-corrected chi connectivity index (χ1v) is 8.28. The number of carbonyl (C=O) groups is 1. The molecule has 2 aromatic rings. The van der Waals surface area contributed by atoms with Crippen molar-refractivity contribution < 1.29 is 9.53 Å². The van der Waals surface area contributed by atoms with Crippen LogP contribution < -0.4 is 15.4 Å². The minimum atomic E-state index is -0.0348. The second kappa shape index (κ2) is 8.58. The number of para-hydroxylation sites is 1. The molecule has 23 heavy (non-hydrogen) atoms. The van der Waals surface area contributed by atoms with Gasteiger partial charge in [-0.2, -0.15) is 0 Å². The average molecular weight is 377 g/mol. The topological polar surface area (TPSA) is 50.4 Å². The first kappa shape index (κ1) is 17.3. The van der Waals surface area contributed by atoms with E-state index in [-0.39, 0.29) is 12.5 Å². The summed E-state index contributed by atoms with van der Waals surface area (Å²) in [7, 11) is 1.65. The second-order valence-electron chi connectivity index (χ2n) is 5.25. The van der Waals surface area contributed by atoms with Crippen LogP contribution in [-0.4, -0.2) is 26.1 Å². The summed E-state index contributed by atoms with van der Waals surface area (Å²) in [5.41, 5.74) is 3.17. The van der Waals surface area contributed by atoms with Crippen molar-refractivity contribution >= 4 is 27.5 Å². The summed E-state index contributed by atoms with van der Waals surface area (Å²) < 4.78 is 6.26. The van der Waals surface area contributed by atoms with Crippen LogP contribution in [0, 0.1) is 6.92 Å². The summed E-state index contributed by atoms with van der Waals surface area (Å²) in [6, 6.07) is 13.8. The van der Waals surface area contributed by atoms with Crippen LogP contribution in [0.4, 0.5) is 5.69 Å². The minimum absolute atomic E-state index is 0.0348. The van der Waals surface area contributed by atoms with E-state index in [2.05, 4.69) is 26.6 Å². The van der Waals surface area contributed by atoms with Crippen molar-refractivity contribution in [1.82, 2.24) is 5.32 Å². The molecule has 0 aromatic heterocycles. The molecule has 2 N–H and O–H groups in total. The second-order valence-corrected chi connectivity index (χ2v) is 6.10. The van der Waals surface area contributed by atoms with Crippen LogP contribution in [-0.2, 0) is 11.2 Å². The zero-order valence-electron chi connectivity index (χ0n) is 13.4. The van der Waals surface area contributed by atoms with Crippen LogP contribution >= 0.6 is 15.9 Å². The predicted molar refractivity (Wildman–Crippen MR) is 97.1 cm³/mol. The number of aryl methyl sites for hydroxylation is 1. The Bertz CT molecular complexity index is 674. The summed E-state index contributed by atoms with van der Waals surface area (Å²) >= 11 is 3.49. The first-order chi connectivity index (χ1) is 11.1. The lowest BCUT2D eigenvalue weighted by Crippen LogP contribution is -2.31. The maximum Gasteiger partial charge on any atom is 0.239 e. The van der Waals surface area contributed by atoms with Crippen molar-refractivity contribution in [3.63, 3.8) is 0 Å². The molecule has 0 bridgehead atoms. The van der Waals surface area contributed by atoms with Gasteiger partial charge < -0.3 is 15.4 Å². The summed E-state index contributed by atoms with van der Waals surface area (Å²) in [5.74, 6) is 0.816. The van der Waals surface area contributed by atoms with E-state index in [1.807, 2.05) is 49.4 Å². The van der Waals surface area contributed by atoms with Gasteiger partial charge in [0.15, 0.2) is 0 Å². The van der Waals surface area contributed by atoms with E-state index in [4.69, 9.17) is 4.74 Å². The van der Waals surface area contributed by atoms with Gasteiger partial charge in [0.2, 0.25) is 5.91 Å². The standard InChI is InChI=1S/C18H21BrN2O2/c1-13-7-8-16(15(19)11-13)21-12-18(22)20-10-9-14-5-3-4-6-17(14)23-2/h3-8,11,21H,9-10,12H2,1-2H3,(H,20,22). The molecule has 0 radical (unpaired) electrons. The van der Waals surface area contributed by atoms with E-state index in [0.29, 0.717) is 6.54 Å². The number of halogens is 1. The zero-order chi connectivity index (χ0) is 16.7. The molecule has 2 aromatic carbocycles. The Hall–Kier alpha value is -2.01. The van der Waals surface area contributed by atoms with Crippen LogP contribution in [0.2, 0.25) is 0 Å². The number of benzene rings is 2. The summed E-state index contributed by atoms with van der Waals surface area (Å²) in [6.45, 7) is 2.85. The van der Waals surface area contributed by atoms with Crippen LogP contribution in [0.5, 0.6) is 5.75 Å². The zero-order valence-corrected chi connectivity index (χ0v) is 14.9. The number of amides is 1. The molecule has 0 heterocycles. The van der Waals surface area contributed by atoms with E-state index >= 15 is 0 Å². The molecule has 0 atom stereocenters. The van der Waals surface area contributed by atoms with Gasteiger partial charge in [-0.3, -0.25) is 4.79 Å². The van der Waals surface area contributed by atoms with Gasteiger partial charge in [0.05, 0.1) is 13.7 Å². The number of rotatable bonds is 7. The van der Waals surface area contributed by atoms with Crippen molar-refractivity contribution in [2.45, 2.75) is 13.3 Å². The molecular weight excluding hydrogens is 356 g/mol. The quantitative estimate of drug-likeness (QED) is 0.776. The van der Waals surface area contributed by atoms with Gasteiger partial charge in [0.25, 0.3) is 0 Å². The number of hydrogen-bond donors (Lipinski definition) is 2. The van der Waals surface area contributed by atoms with Crippen molar-refractivity contribution in [2.24, 2.45) is 0 Å². The van der Waals surface area contributed by atoms with E-state index in [1.165, 1.54) is 5.56 Å². The maximum absolute atomic E-state index is 11.9. The summed E-state index contributed by atoms with van der Waals surface area (Å²) in [6.07, 6.45) is 0.740. The van der Waals surface area contributed by atoms with E-state index in [9.17, 15) is 4.79 Å². The third kappa shape index (κ3) is 5.28. The molecule has 0 aliphatic heterocycles. The van der Waals surface area contributed by atoms with Crippen LogP contribution in [0.3, 0.4) is 0 Å². The molecule has 0 aliphatic carbocycles. The van der Waals surface area contributed by atoms with Crippen LogP contribution in [0.25, 0.3) is 0 Å². The van der Waals surface area contributed by atoms with Gasteiger partial charge in [-0.05, 0) is 58.6 Å². The van der Waals surface area contributed by atoms with E-state index < -0.39 is 0 Å². The summed E-state index contributed by atoms with van der Waals surface area (Å²) in [5, 5.41) is 6.04. The van der Waals surface area contributed by atoms with Crippen molar-refractivity contribution in [3.05, 3.63) is 58.1 Å². The van der Waals surface area contributed by atoms with Gasteiger partial charge in [0, 0.05) is 16.7 Å². The van der Waals surface area contributed by atoms with Gasteiger partial charge in [0.1, 0.15) is 5.75 Å². The number of hydrogen-bond acceptors (Lipinski definition) is 3. The molecule has 2 rings (SSSR count). The normalized spacial score (nSPS) is 10.2. The Morgan fingerprint density at radius 2 is 2.00 bits per heavy atom. The number of ether oxygens (including phenoxy) is 1. The average Bonchev–Trinajstić information content (AvgIpc) is 2.54. The van der Waals surface area contributed by atoms with Gasteiger partial charge in [-0.1, -0.05) is 24.3 Å². The van der Waals surface area contributed by atoms with Crippen LogP contribution in [0.1, 0.15) is 11.1 Å². The molecular formula is C18H21BrN2O2.